The van der Waals surface area contributed by atoms with Crippen molar-refractivity contribution >= 4 is 5.97 Å². The molecule has 0 amide bonds. The van der Waals surface area contributed by atoms with Crippen molar-refractivity contribution in [2.45, 2.75) is 72.3 Å². The number of carbonyl (C=O) groups is 1. The lowest BCUT2D eigenvalue weighted by molar-refractivity contribution is -0.151. The van der Waals surface area contributed by atoms with Gasteiger partial charge in [-0.2, -0.15) is 0 Å². The average molecular weight is 378 g/mol. The predicted molar refractivity (Wildman–Crippen MR) is 110 cm³/mol. The Morgan fingerprint density at radius 2 is 1.85 bits per heavy atom. The van der Waals surface area contributed by atoms with Gasteiger partial charge in [-0.25, -0.2) is 0 Å². The van der Waals surface area contributed by atoms with E-state index < -0.39 is 0 Å². The number of esters is 1. The van der Waals surface area contributed by atoms with E-state index in [1.807, 2.05) is 38.1 Å². The Morgan fingerprint density at radius 3 is 2.44 bits per heavy atom. The third-order valence-corrected chi connectivity index (χ3v) is 4.59. The number of rotatable bonds is 15. The van der Waals surface area contributed by atoms with E-state index in [0.29, 0.717) is 32.0 Å². The lowest BCUT2D eigenvalue weighted by Gasteiger charge is -2.18. The van der Waals surface area contributed by atoms with Gasteiger partial charge < -0.3 is 14.2 Å². The summed E-state index contributed by atoms with van der Waals surface area (Å²) in [4.78, 5) is 11.8. The number of hydrogen-bond acceptors (Lipinski definition) is 4. The van der Waals surface area contributed by atoms with E-state index in [2.05, 4.69) is 13.8 Å². The zero-order valence-electron chi connectivity index (χ0n) is 17.5. The van der Waals surface area contributed by atoms with Crippen LogP contribution >= 0.6 is 0 Å². The molecule has 1 aromatic rings. The van der Waals surface area contributed by atoms with Crippen LogP contribution in [0.2, 0.25) is 0 Å². The lowest BCUT2D eigenvalue weighted by Crippen LogP contribution is -2.26. The summed E-state index contributed by atoms with van der Waals surface area (Å²) >= 11 is 0. The first kappa shape index (κ1) is 23.5. The molecule has 4 nitrogen and oxygen atoms in total. The molecule has 0 aliphatic heterocycles. The van der Waals surface area contributed by atoms with Crippen molar-refractivity contribution in [1.29, 1.82) is 0 Å². The maximum Gasteiger partial charge on any atom is 0.306 e. The summed E-state index contributed by atoms with van der Waals surface area (Å²) in [5, 5.41) is 0. The summed E-state index contributed by atoms with van der Waals surface area (Å²) in [6, 6.07) is 8.09. The van der Waals surface area contributed by atoms with Gasteiger partial charge in [0.1, 0.15) is 11.9 Å². The molecule has 1 unspecified atom stereocenters. The first-order valence-electron chi connectivity index (χ1n) is 10.4. The summed E-state index contributed by atoms with van der Waals surface area (Å²) in [7, 11) is 0. The van der Waals surface area contributed by atoms with Crippen LogP contribution < -0.4 is 4.74 Å². The number of hydrogen-bond donors (Lipinski definition) is 0. The van der Waals surface area contributed by atoms with Gasteiger partial charge in [0.15, 0.2) is 0 Å². The summed E-state index contributed by atoms with van der Waals surface area (Å²) in [5.41, 5.74) is 1.11. The van der Waals surface area contributed by atoms with E-state index in [1.54, 1.807) is 6.42 Å². The summed E-state index contributed by atoms with van der Waals surface area (Å²) in [6.07, 6.45) is 7.38. The van der Waals surface area contributed by atoms with E-state index in [1.165, 1.54) is 19.3 Å². The molecule has 153 valence electrons. The van der Waals surface area contributed by atoms with Crippen molar-refractivity contribution in [3.05, 3.63) is 36.2 Å². The molecule has 27 heavy (non-hydrogen) atoms. The van der Waals surface area contributed by atoms with Crippen LogP contribution in [-0.2, 0) is 20.7 Å². The van der Waals surface area contributed by atoms with Crippen LogP contribution in [-0.4, -0.2) is 31.9 Å². The Balaban J connectivity index is 2.55. The number of carbonyl (C=O) groups excluding carboxylic acids is 1. The van der Waals surface area contributed by atoms with Crippen molar-refractivity contribution in [1.82, 2.24) is 0 Å². The first-order chi connectivity index (χ1) is 13.1. The second-order valence-corrected chi connectivity index (χ2v) is 6.96. The monoisotopic (exact) mass is 377 g/mol. The van der Waals surface area contributed by atoms with Gasteiger partial charge in [0.25, 0.3) is 0 Å². The highest BCUT2D eigenvalue weighted by Gasteiger charge is 2.15. The minimum Gasteiger partial charge on any atom is -0.493 e. The van der Waals surface area contributed by atoms with Crippen molar-refractivity contribution in [3.63, 3.8) is 0 Å². The molecular weight excluding hydrogens is 340 g/mol. The van der Waals surface area contributed by atoms with Gasteiger partial charge in [-0.05, 0) is 43.4 Å². The topological polar surface area (TPSA) is 44.8 Å². The predicted octanol–water partition coefficient (Wildman–Crippen LogP) is 5.39. The molecule has 2 atom stereocenters. The van der Waals surface area contributed by atoms with Gasteiger partial charge >= 0.3 is 5.97 Å². The molecule has 0 spiro atoms. The zero-order chi connectivity index (χ0) is 19.9. The average Bonchev–Trinajstić information content (AvgIpc) is 2.67. The fourth-order valence-electron chi connectivity index (χ4n) is 2.88. The van der Waals surface area contributed by atoms with Gasteiger partial charge in [-0.15, -0.1) is 0 Å². The van der Waals surface area contributed by atoms with Gasteiger partial charge in [-0.3, -0.25) is 4.79 Å². The summed E-state index contributed by atoms with van der Waals surface area (Å²) in [6.45, 7) is 10.0. The highest BCUT2D eigenvalue weighted by atomic mass is 16.6. The highest BCUT2D eigenvalue weighted by Crippen LogP contribution is 2.18. The van der Waals surface area contributed by atoms with Crippen LogP contribution in [0.5, 0.6) is 5.75 Å². The Kier molecular flexibility index (Phi) is 12.6. The highest BCUT2D eigenvalue weighted by molar-refractivity contribution is 5.70. The molecule has 0 heterocycles. The number of benzene rings is 1. The third-order valence-electron chi connectivity index (χ3n) is 4.59. The molecule has 0 aliphatic rings. The molecule has 4 heteroatoms. The Hall–Kier alpha value is -1.55. The normalized spacial score (nSPS) is 13.2. The van der Waals surface area contributed by atoms with Crippen molar-refractivity contribution < 1.29 is 19.0 Å². The SMILES string of the molecule is C[CH]CC(=O)O[C@H](COCC)Cc1ccc(OCC(CC)CCCC)cc1. The molecule has 1 radical (unpaired) electrons. The maximum atomic E-state index is 11.8. The standard InChI is InChI=1S/C23H37O4/c1-5-9-11-19(7-3)17-26-21-14-12-20(13-15-21)16-22(18-25-8-4)27-23(24)10-6-2/h6,12-15,19,22H,5,7-11,16-18H2,1-4H3/t19?,22-/m0/s1. The van der Waals surface area contributed by atoms with Crippen molar-refractivity contribution in [2.75, 3.05) is 19.8 Å². The Morgan fingerprint density at radius 1 is 1.11 bits per heavy atom. The van der Waals surface area contributed by atoms with Gasteiger partial charge in [-0.1, -0.05) is 52.2 Å². The number of ether oxygens (including phenoxy) is 3. The van der Waals surface area contributed by atoms with Crippen LogP contribution in [0, 0.1) is 12.3 Å². The molecule has 0 saturated heterocycles. The molecule has 0 aromatic heterocycles. The van der Waals surface area contributed by atoms with E-state index in [-0.39, 0.29) is 12.1 Å². The van der Waals surface area contributed by atoms with Gasteiger partial charge in [0.2, 0.25) is 0 Å². The largest absolute Gasteiger partial charge is 0.493 e. The Labute approximate surface area is 165 Å². The van der Waals surface area contributed by atoms with Crippen molar-refractivity contribution in [3.8, 4) is 5.75 Å². The summed E-state index contributed by atoms with van der Waals surface area (Å²) < 4.78 is 17.0. The van der Waals surface area contributed by atoms with Crippen LogP contribution in [0.3, 0.4) is 0 Å². The first-order valence-corrected chi connectivity index (χ1v) is 10.4. The van der Waals surface area contributed by atoms with E-state index >= 15 is 0 Å². The third kappa shape index (κ3) is 10.4. The van der Waals surface area contributed by atoms with Gasteiger partial charge in [0, 0.05) is 19.4 Å². The fraction of sp³-hybridized carbons (Fsp3) is 0.652. The fourth-order valence-corrected chi connectivity index (χ4v) is 2.88. The van der Waals surface area contributed by atoms with Crippen LogP contribution in [0.1, 0.15) is 65.4 Å². The Bertz CT molecular complexity index is 498. The zero-order valence-corrected chi connectivity index (χ0v) is 17.5. The van der Waals surface area contributed by atoms with E-state index in [0.717, 1.165) is 24.3 Å². The molecule has 0 saturated carbocycles. The smallest absolute Gasteiger partial charge is 0.306 e. The van der Waals surface area contributed by atoms with Crippen LogP contribution in [0.15, 0.2) is 24.3 Å². The molecule has 1 aromatic carbocycles. The summed E-state index contributed by atoms with van der Waals surface area (Å²) in [5.74, 6) is 1.31. The lowest BCUT2D eigenvalue weighted by atomic mass is 10.0. The molecule has 0 fully saturated rings. The minimum absolute atomic E-state index is 0.208. The molecule has 1 rings (SSSR count). The van der Waals surface area contributed by atoms with Gasteiger partial charge in [0.05, 0.1) is 13.2 Å². The molecule has 0 bridgehead atoms. The second kappa shape index (κ2) is 14.5. The quantitative estimate of drug-likeness (QED) is 0.385. The second-order valence-electron chi connectivity index (χ2n) is 6.96. The number of unbranched alkanes of at least 4 members (excludes halogenated alkanes) is 1. The molecule has 0 aliphatic carbocycles. The van der Waals surface area contributed by atoms with Crippen LogP contribution in [0.25, 0.3) is 0 Å². The van der Waals surface area contributed by atoms with E-state index in [4.69, 9.17) is 14.2 Å². The minimum atomic E-state index is -0.261. The molecule has 0 N–H and O–H groups in total. The van der Waals surface area contributed by atoms with E-state index in [9.17, 15) is 4.79 Å². The van der Waals surface area contributed by atoms with Crippen LogP contribution in [0.4, 0.5) is 0 Å². The maximum absolute atomic E-state index is 11.8. The molecular formula is C23H37O4. The van der Waals surface area contributed by atoms with Crippen molar-refractivity contribution in [2.24, 2.45) is 5.92 Å².